The maximum Gasteiger partial charge on any atom is 0.244 e. The lowest BCUT2D eigenvalue weighted by Crippen LogP contribution is -2.49. The number of nitrogens with zero attached hydrogens (tertiary/aromatic N) is 2. The Bertz CT molecular complexity index is 1530. The summed E-state index contributed by atoms with van der Waals surface area (Å²) in [7, 11) is 1.90. The molecule has 42 heavy (non-hydrogen) atoms. The summed E-state index contributed by atoms with van der Waals surface area (Å²) in [5.74, 6) is 0.367. The number of nitrogens with one attached hydrogen (secondary N) is 4. The van der Waals surface area contributed by atoms with Crippen molar-refractivity contribution in [1.82, 2.24) is 20.5 Å². The van der Waals surface area contributed by atoms with Gasteiger partial charge in [0.2, 0.25) is 17.7 Å². The van der Waals surface area contributed by atoms with Gasteiger partial charge < -0.3 is 26.2 Å². The lowest BCUT2D eigenvalue weighted by Gasteiger charge is -2.37. The molecule has 3 amide bonds. The number of fused-ring (bicyclic) bond motifs is 3. The van der Waals surface area contributed by atoms with E-state index in [1.54, 1.807) is 11.1 Å². The molecular weight excluding hydrogens is 528 g/mol. The van der Waals surface area contributed by atoms with Crippen LogP contribution in [0.4, 0.5) is 11.5 Å². The average molecular weight is 567 g/mol. The van der Waals surface area contributed by atoms with Gasteiger partial charge in [0.15, 0.2) is 0 Å². The minimum Gasteiger partial charge on any atom is -0.329 e. The van der Waals surface area contributed by atoms with E-state index in [0.717, 1.165) is 53.7 Å². The van der Waals surface area contributed by atoms with Crippen molar-refractivity contribution in [3.05, 3.63) is 88.6 Å². The second-order valence-corrected chi connectivity index (χ2v) is 12.1. The zero-order valence-electron chi connectivity index (χ0n) is 24.3. The van der Waals surface area contributed by atoms with E-state index in [1.165, 1.54) is 0 Å². The third kappa shape index (κ3) is 5.18. The first-order chi connectivity index (χ1) is 20.3. The molecule has 9 nitrogen and oxygen atoms in total. The molecule has 3 aliphatic rings. The molecular formula is C33H38N6O3. The van der Waals surface area contributed by atoms with E-state index in [4.69, 9.17) is 0 Å². The first-order valence-corrected chi connectivity index (χ1v) is 14.7. The van der Waals surface area contributed by atoms with Gasteiger partial charge in [-0.25, -0.2) is 4.98 Å². The molecule has 0 radical (unpaired) electrons. The Morgan fingerprint density at radius 2 is 1.76 bits per heavy atom. The number of amides is 3. The van der Waals surface area contributed by atoms with Gasteiger partial charge in [-0.05, 0) is 86.3 Å². The van der Waals surface area contributed by atoms with Gasteiger partial charge in [-0.2, -0.15) is 0 Å². The first-order valence-electron chi connectivity index (χ1n) is 14.7. The monoisotopic (exact) mass is 566 g/mol. The zero-order valence-corrected chi connectivity index (χ0v) is 24.3. The minimum absolute atomic E-state index is 0.00817. The third-order valence-corrected chi connectivity index (χ3v) is 9.16. The van der Waals surface area contributed by atoms with Crippen molar-refractivity contribution in [3.63, 3.8) is 0 Å². The molecule has 2 aromatic carbocycles. The maximum atomic E-state index is 14.0. The summed E-state index contributed by atoms with van der Waals surface area (Å²) >= 11 is 0. The minimum atomic E-state index is -0.664. The number of hydrogen-bond acceptors (Lipinski definition) is 6. The molecule has 1 aromatic heterocycles. The van der Waals surface area contributed by atoms with Crippen LogP contribution in [0.1, 0.15) is 47.6 Å². The largest absolute Gasteiger partial charge is 0.329 e. The predicted octanol–water partition coefficient (Wildman–Crippen LogP) is 3.15. The molecule has 3 heterocycles. The fourth-order valence-corrected chi connectivity index (χ4v) is 6.77. The summed E-state index contributed by atoms with van der Waals surface area (Å²) in [6.45, 7) is 4.59. The summed E-state index contributed by atoms with van der Waals surface area (Å²) in [6, 6.07) is 17.7. The molecule has 218 valence electrons. The van der Waals surface area contributed by atoms with E-state index in [1.807, 2.05) is 62.5 Å². The van der Waals surface area contributed by atoms with Gasteiger partial charge in [0, 0.05) is 36.0 Å². The molecule has 0 unspecified atom stereocenters. The van der Waals surface area contributed by atoms with Gasteiger partial charge in [0.05, 0.1) is 5.41 Å². The number of piperidine rings is 1. The van der Waals surface area contributed by atoms with Crippen LogP contribution in [0.25, 0.3) is 0 Å². The van der Waals surface area contributed by atoms with Crippen molar-refractivity contribution in [1.29, 1.82) is 0 Å². The van der Waals surface area contributed by atoms with Gasteiger partial charge in [-0.15, -0.1) is 0 Å². The van der Waals surface area contributed by atoms with E-state index in [2.05, 4.69) is 32.3 Å². The quantitative estimate of drug-likeness (QED) is 0.333. The molecule has 1 spiro atoms. The van der Waals surface area contributed by atoms with Crippen molar-refractivity contribution in [2.45, 2.75) is 51.1 Å². The molecule has 0 bridgehead atoms. The first kappa shape index (κ1) is 28.1. The lowest BCUT2D eigenvalue weighted by molar-refractivity contribution is -0.145. The number of anilines is 2. The molecule has 1 atom stereocenters. The van der Waals surface area contributed by atoms with Crippen LogP contribution in [-0.4, -0.2) is 54.3 Å². The number of benzene rings is 2. The van der Waals surface area contributed by atoms with Crippen LogP contribution in [0.15, 0.2) is 60.8 Å². The second kappa shape index (κ2) is 11.3. The highest BCUT2D eigenvalue weighted by Gasteiger charge is 2.51. The Morgan fingerprint density at radius 1 is 1.00 bits per heavy atom. The van der Waals surface area contributed by atoms with Crippen LogP contribution in [-0.2, 0) is 45.7 Å². The van der Waals surface area contributed by atoms with E-state index in [0.29, 0.717) is 37.4 Å². The topological polar surface area (TPSA) is 115 Å². The summed E-state index contributed by atoms with van der Waals surface area (Å²) in [5, 5.41) is 12.5. The van der Waals surface area contributed by atoms with Crippen LogP contribution in [0.2, 0.25) is 0 Å². The fraction of sp³-hybridized carbons (Fsp3) is 0.394. The van der Waals surface area contributed by atoms with Crippen LogP contribution < -0.4 is 21.3 Å². The molecule has 0 saturated carbocycles. The van der Waals surface area contributed by atoms with Crippen molar-refractivity contribution < 1.29 is 14.4 Å². The number of rotatable bonds is 8. The average Bonchev–Trinajstić information content (AvgIpc) is 3.50. The van der Waals surface area contributed by atoms with Crippen molar-refractivity contribution in [3.8, 4) is 0 Å². The zero-order chi connectivity index (χ0) is 29.3. The Kier molecular flexibility index (Phi) is 7.55. The van der Waals surface area contributed by atoms with Crippen molar-refractivity contribution in [2.24, 2.45) is 5.41 Å². The van der Waals surface area contributed by atoms with Crippen LogP contribution in [0.5, 0.6) is 0 Å². The molecule has 2 aliphatic heterocycles. The van der Waals surface area contributed by atoms with E-state index < -0.39 is 10.8 Å². The smallest absolute Gasteiger partial charge is 0.244 e. The highest BCUT2D eigenvalue weighted by atomic mass is 16.2. The molecule has 9 heteroatoms. The molecule has 1 saturated heterocycles. The van der Waals surface area contributed by atoms with Crippen LogP contribution >= 0.6 is 0 Å². The van der Waals surface area contributed by atoms with E-state index in [9.17, 15) is 14.4 Å². The van der Waals surface area contributed by atoms with E-state index >= 15 is 0 Å². The summed E-state index contributed by atoms with van der Waals surface area (Å²) < 4.78 is 0. The molecule has 3 aromatic rings. The van der Waals surface area contributed by atoms with Gasteiger partial charge in [0.1, 0.15) is 12.4 Å². The van der Waals surface area contributed by atoms with Crippen LogP contribution in [0.3, 0.4) is 0 Å². The summed E-state index contributed by atoms with van der Waals surface area (Å²) in [5.41, 5.74) is 4.67. The normalized spacial score (nSPS) is 20.1. The Balaban J connectivity index is 1.20. The predicted molar refractivity (Wildman–Crippen MR) is 162 cm³/mol. The number of aromatic nitrogens is 1. The highest BCUT2D eigenvalue weighted by Crippen LogP contribution is 2.47. The van der Waals surface area contributed by atoms with Crippen LogP contribution in [0, 0.1) is 5.41 Å². The third-order valence-electron chi connectivity index (χ3n) is 9.16. The standard InChI is InChI=1S/C33H38N6O3/c1-32(11-14-35-15-12-32)31(42)39(20-24-7-4-3-6-23(24)19-34-2)21-28(40)37-26-10-9-22-17-33(18-25(22)16-26)27-8-5-13-36-29(27)38-30(33)41/h3-10,13,16,34-35H,11-12,14-15,17-21H2,1-2H3,(H,37,40)(H,36,38,41)/t33-/m1/s1. The van der Waals surface area contributed by atoms with Crippen molar-refractivity contribution in [2.75, 3.05) is 37.3 Å². The number of carbonyl (C=O) groups is 3. The van der Waals surface area contributed by atoms with Gasteiger partial charge in [-0.3, -0.25) is 14.4 Å². The number of pyridine rings is 1. The number of hydrogen-bond donors (Lipinski definition) is 4. The van der Waals surface area contributed by atoms with E-state index in [-0.39, 0.29) is 24.3 Å². The van der Waals surface area contributed by atoms with Crippen molar-refractivity contribution >= 4 is 29.2 Å². The Labute approximate surface area is 246 Å². The summed E-state index contributed by atoms with van der Waals surface area (Å²) in [6.07, 6.45) is 4.31. The number of carbonyl (C=O) groups excluding carboxylic acids is 3. The Morgan fingerprint density at radius 3 is 2.55 bits per heavy atom. The molecule has 6 rings (SSSR count). The Hall–Kier alpha value is -4.08. The fourth-order valence-electron chi connectivity index (χ4n) is 6.77. The van der Waals surface area contributed by atoms with Gasteiger partial charge in [0.25, 0.3) is 0 Å². The van der Waals surface area contributed by atoms with Gasteiger partial charge >= 0.3 is 0 Å². The molecule has 1 aliphatic carbocycles. The SMILES string of the molecule is CNCc1ccccc1CN(CC(=O)Nc1ccc2c(c1)C[C@@]1(C2)C(=O)Nc2ncccc21)C(=O)C1(C)CCNCC1. The molecule has 4 N–H and O–H groups in total. The maximum absolute atomic E-state index is 14.0. The lowest BCUT2D eigenvalue weighted by atomic mass is 9.79. The highest BCUT2D eigenvalue weighted by molar-refractivity contribution is 6.06. The second-order valence-electron chi connectivity index (χ2n) is 12.1. The summed E-state index contributed by atoms with van der Waals surface area (Å²) in [4.78, 5) is 46.6. The van der Waals surface area contributed by atoms with Gasteiger partial charge in [-0.1, -0.05) is 43.3 Å². The molecule has 1 fully saturated rings.